The highest BCUT2D eigenvalue weighted by Gasteiger charge is 2.52. The number of aromatic nitrogens is 2. The van der Waals surface area contributed by atoms with Gasteiger partial charge in [-0.05, 0) is 6.42 Å². The van der Waals surface area contributed by atoms with Gasteiger partial charge in [0.05, 0.1) is 0 Å². The van der Waals surface area contributed by atoms with Crippen LogP contribution in [0.15, 0.2) is 21.9 Å². The van der Waals surface area contributed by atoms with Crippen molar-refractivity contribution in [3.8, 4) is 0 Å². The van der Waals surface area contributed by atoms with E-state index in [-0.39, 0.29) is 0 Å². The Morgan fingerprint density at radius 2 is 2.26 bits per heavy atom. The molecule has 0 spiro atoms. The Bertz CT molecular complexity index is 563. The summed E-state index contributed by atoms with van der Waals surface area (Å²) in [5, 5.41) is 10.2. The Morgan fingerprint density at radius 1 is 1.58 bits per heavy atom. The van der Waals surface area contributed by atoms with Crippen molar-refractivity contribution in [2.75, 3.05) is 6.67 Å². The number of rotatable bonds is 3. The molecule has 4 atom stereocenters. The Balaban J connectivity index is 2.42. The van der Waals surface area contributed by atoms with E-state index in [9.17, 15) is 19.1 Å². The van der Waals surface area contributed by atoms with Gasteiger partial charge in [-0.15, -0.1) is 0 Å². The quantitative estimate of drug-likeness (QED) is 0.822. The number of hydrogen-bond acceptors (Lipinski definition) is 4. The highest BCUT2D eigenvalue weighted by atomic mass is 19.1. The first-order chi connectivity index (χ1) is 8.95. The number of aliphatic hydroxyl groups excluding tert-OH is 1. The van der Waals surface area contributed by atoms with E-state index in [2.05, 4.69) is 4.98 Å². The number of aliphatic hydroxyl groups is 1. The molecule has 6 nitrogen and oxygen atoms in total. The van der Waals surface area contributed by atoms with Crippen LogP contribution in [0.4, 0.5) is 4.39 Å². The Labute approximate surface area is 108 Å². The molecule has 1 aliphatic heterocycles. The van der Waals surface area contributed by atoms with Gasteiger partial charge in [0, 0.05) is 18.2 Å². The topological polar surface area (TPSA) is 84.3 Å². The van der Waals surface area contributed by atoms with E-state index in [0.717, 1.165) is 10.6 Å². The van der Waals surface area contributed by atoms with Gasteiger partial charge in [0.2, 0.25) is 0 Å². The van der Waals surface area contributed by atoms with Crippen LogP contribution < -0.4 is 11.2 Å². The van der Waals surface area contributed by atoms with Crippen molar-refractivity contribution in [1.82, 2.24) is 9.55 Å². The van der Waals surface area contributed by atoms with E-state index in [1.54, 1.807) is 13.8 Å². The van der Waals surface area contributed by atoms with Crippen molar-refractivity contribution in [2.45, 2.75) is 38.2 Å². The van der Waals surface area contributed by atoms with Crippen LogP contribution in [0.3, 0.4) is 0 Å². The molecule has 106 valence electrons. The average Bonchev–Trinajstić information content (AvgIpc) is 2.64. The fraction of sp³-hybridized carbons (Fsp3) is 0.667. The number of hydrogen-bond donors (Lipinski definition) is 2. The minimum atomic E-state index is -1.10. The molecule has 1 aliphatic rings. The smallest absolute Gasteiger partial charge is 0.330 e. The van der Waals surface area contributed by atoms with Gasteiger partial charge in [0.25, 0.3) is 5.56 Å². The number of alkyl halides is 1. The van der Waals surface area contributed by atoms with Crippen molar-refractivity contribution >= 4 is 0 Å². The van der Waals surface area contributed by atoms with Gasteiger partial charge in [-0.2, -0.15) is 0 Å². The highest BCUT2D eigenvalue weighted by Crippen LogP contribution is 2.43. The molecule has 0 aromatic carbocycles. The van der Waals surface area contributed by atoms with Gasteiger partial charge < -0.3 is 9.84 Å². The minimum absolute atomic E-state index is 0.385. The Kier molecular flexibility index (Phi) is 3.60. The summed E-state index contributed by atoms with van der Waals surface area (Å²) in [6.45, 7) is 2.71. The number of halogens is 1. The lowest BCUT2D eigenvalue weighted by Gasteiger charge is -2.28. The summed E-state index contributed by atoms with van der Waals surface area (Å²) in [5.41, 5.74) is -2.32. The maximum atomic E-state index is 13.2. The number of nitrogens with one attached hydrogen (secondary N) is 1. The van der Waals surface area contributed by atoms with Crippen LogP contribution in [0.2, 0.25) is 0 Å². The molecule has 2 rings (SSSR count). The maximum absolute atomic E-state index is 13.2. The summed E-state index contributed by atoms with van der Waals surface area (Å²) in [6, 6.07) is 1.16. The predicted molar refractivity (Wildman–Crippen MR) is 65.6 cm³/mol. The average molecular weight is 272 g/mol. The fourth-order valence-corrected chi connectivity index (χ4v) is 2.48. The highest BCUT2D eigenvalue weighted by molar-refractivity contribution is 4.99. The van der Waals surface area contributed by atoms with Gasteiger partial charge in [-0.1, -0.05) is 13.8 Å². The van der Waals surface area contributed by atoms with E-state index in [1.165, 1.54) is 6.20 Å². The lowest BCUT2D eigenvalue weighted by atomic mass is 9.86. The largest absolute Gasteiger partial charge is 0.388 e. The molecule has 2 heterocycles. The summed E-state index contributed by atoms with van der Waals surface area (Å²) >= 11 is 0. The molecule has 7 heteroatoms. The lowest BCUT2D eigenvalue weighted by molar-refractivity contribution is -0.106. The summed E-state index contributed by atoms with van der Waals surface area (Å²) < 4.78 is 19.9. The van der Waals surface area contributed by atoms with Crippen LogP contribution in [0.5, 0.6) is 0 Å². The van der Waals surface area contributed by atoms with Crippen LogP contribution >= 0.6 is 0 Å². The van der Waals surface area contributed by atoms with Gasteiger partial charge in [-0.3, -0.25) is 14.3 Å². The second kappa shape index (κ2) is 4.90. The molecule has 19 heavy (non-hydrogen) atoms. The van der Waals surface area contributed by atoms with Crippen LogP contribution in [0.1, 0.15) is 26.5 Å². The van der Waals surface area contributed by atoms with Gasteiger partial charge >= 0.3 is 5.69 Å². The van der Waals surface area contributed by atoms with E-state index >= 15 is 0 Å². The zero-order valence-corrected chi connectivity index (χ0v) is 10.8. The van der Waals surface area contributed by atoms with E-state index in [0.29, 0.717) is 6.42 Å². The summed E-state index contributed by atoms with van der Waals surface area (Å²) in [5.74, 6) is -0.452. The fourth-order valence-electron chi connectivity index (χ4n) is 2.48. The third-order valence-electron chi connectivity index (χ3n) is 3.94. The van der Waals surface area contributed by atoms with E-state index < -0.39 is 41.8 Å². The molecule has 2 N–H and O–H groups in total. The third kappa shape index (κ3) is 2.12. The lowest BCUT2D eigenvalue weighted by Crippen LogP contribution is -2.38. The van der Waals surface area contributed by atoms with Crippen molar-refractivity contribution < 1.29 is 14.2 Å². The maximum Gasteiger partial charge on any atom is 0.330 e. The molecule has 0 unspecified atom stereocenters. The first-order valence-electron chi connectivity index (χ1n) is 6.18. The summed E-state index contributed by atoms with van der Waals surface area (Å²) in [6.07, 6.45) is -0.378. The Hall–Kier alpha value is -1.47. The number of nitrogens with zero attached hydrogens (tertiary/aromatic N) is 1. The van der Waals surface area contributed by atoms with Crippen molar-refractivity contribution in [3.63, 3.8) is 0 Å². The zero-order valence-electron chi connectivity index (χ0n) is 10.8. The van der Waals surface area contributed by atoms with Gasteiger partial charge in [0.1, 0.15) is 18.4 Å². The standard InChI is InChI=1S/C12H17FN2O4/c1-3-12(6-13)7(2)9(17)10(19-12)15-5-4-8(16)14-11(15)18/h4-5,7,9-10,17H,3,6H2,1-2H3,(H,14,16,18)/t7-,9+,10+,12-/m0/s1. The first-order valence-corrected chi connectivity index (χ1v) is 6.18. The molecule has 0 amide bonds. The van der Waals surface area contributed by atoms with Crippen molar-refractivity contribution in [3.05, 3.63) is 33.1 Å². The van der Waals surface area contributed by atoms with Gasteiger partial charge in [-0.25, -0.2) is 9.18 Å². The zero-order chi connectivity index (χ0) is 14.2. The van der Waals surface area contributed by atoms with Crippen LogP contribution in [-0.4, -0.2) is 33.0 Å². The van der Waals surface area contributed by atoms with E-state index in [1.807, 2.05) is 0 Å². The molecular weight excluding hydrogens is 255 g/mol. The monoisotopic (exact) mass is 272 g/mol. The summed E-state index contributed by atoms with van der Waals surface area (Å²) in [7, 11) is 0. The number of H-pyrrole nitrogens is 1. The molecular formula is C12H17FN2O4. The van der Waals surface area contributed by atoms with Crippen LogP contribution in [0.25, 0.3) is 0 Å². The van der Waals surface area contributed by atoms with Gasteiger partial charge in [0.15, 0.2) is 6.23 Å². The van der Waals surface area contributed by atoms with E-state index in [4.69, 9.17) is 4.74 Å². The Morgan fingerprint density at radius 3 is 2.74 bits per heavy atom. The SMILES string of the molecule is CC[C@@]1(CF)O[C@@H](n2ccc(=O)[nH]c2=O)[C@H](O)[C@@H]1C. The normalized spacial score (nSPS) is 34.6. The molecule has 1 aromatic heterocycles. The molecule has 0 aliphatic carbocycles. The van der Waals surface area contributed by atoms with Crippen molar-refractivity contribution in [2.24, 2.45) is 5.92 Å². The van der Waals surface area contributed by atoms with Crippen molar-refractivity contribution in [1.29, 1.82) is 0 Å². The second-order valence-corrected chi connectivity index (χ2v) is 4.86. The molecule has 0 bridgehead atoms. The second-order valence-electron chi connectivity index (χ2n) is 4.86. The molecule has 1 aromatic rings. The van der Waals surface area contributed by atoms with Crippen LogP contribution in [0, 0.1) is 5.92 Å². The number of ether oxygens (including phenoxy) is 1. The van der Waals surface area contributed by atoms with Crippen LogP contribution in [-0.2, 0) is 4.74 Å². The summed E-state index contributed by atoms with van der Waals surface area (Å²) in [4.78, 5) is 24.8. The minimum Gasteiger partial charge on any atom is -0.388 e. The number of aromatic amines is 1. The molecule has 1 saturated heterocycles. The first kappa shape index (κ1) is 14.0. The predicted octanol–water partition coefficient (Wildman–Crippen LogP) is 0.181. The molecule has 1 fully saturated rings. The molecule has 0 radical (unpaired) electrons. The third-order valence-corrected chi connectivity index (χ3v) is 3.94. The molecule has 0 saturated carbocycles.